The zero-order valence-corrected chi connectivity index (χ0v) is 12.0. The molecule has 1 rings (SSSR count). The number of hydrogen-bond acceptors (Lipinski definition) is 5. The number of methoxy groups -OCH3 is 2. The molecular weight excluding hydrogens is 262 g/mol. The van der Waals surface area contributed by atoms with Crippen LogP contribution in [0.4, 0.5) is 0 Å². The van der Waals surface area contributed by atoms with E-state index in [4.69, 9.17) is 9.47 Å². The first-order chi connectivity index (χ1) is 9.56. The van der Waals surface area contributed by atoms with Gasteiger partial charge in [-0.1, -0.05) is 0 Å². The number of esters is 1. The highest BCUT2D eigenvalue weighted by molar-refractivity contribution is 5.84. The van der Waals surface area contributed by atoms with Gasteiger partial charge in [-0.2, -0.15) is 0 Å². The number of ether oxygens (including phenoxy) is 2. The van der Waals surface area contributed by atoms with E-state index in [1.165, 1.54) is 13.4 Å². The molecule has 0 fully saturated rings. The van der Waals surface area contributed by atoms with Crippen LogP contribution >= 0.6 is 0 Å². The molecule has 1 aromatic rings. The van der Waals surface area contributed by atoms with Gasteiger partial charge in [0.05, 0.1) is 19.5 Å². The molecule has 0 saturated heterocycles. The van der Waals surface area contributed by atoms with Crippen molar-refractivity contribution in [2.75, 3.05) is 14.2 Å². The van der Waals surface area contributed by atoms with E-state index in [0.717, 1.165) is 5.69 Å². The second kappa shape index (κ2) is 8.31. The van der Waals surface area contributed by atoms with Crippen LogP contribution < -0.4 is 5.32 Å². The number of imidazole rings is 1. The standard InChI is InChI=1S/C13H21N3O4/c1-9(19-2)4-5-12(17)16-11(13(18)20-3)6-10-7-14-8-15-10/h7-9,11H,4-6H2,1-3H3,(H,14,15)(H,16,17)/t9?,11-/m0/s1. The Balaban J connectivity index is 2.52. The Labute approximate surface area is 118 Å². The molecule has 1 heterocycles. The third kappa shape index (κ3) is 5.40. The van der Waals surface area contributed by atoms with Gasteiger partial charge >= 0.3 is 5.97 Å². The molecular formula is C13H21N3O4. The van der Waals surface area contributed by atoms with E-state index < -0.39 is 12.0 Å². The second-order valence-electron chi connectivity index (χ2n) is 4.51. The number of amides is 1. The Kier molecular flexibility index (Phi) is 6.72. The molecule has 112 valence electrons. The predicted molar refractivity (Wildman–Crippen MR) is 71.9 cm³/mol. The van der Waals surface area contributed by atoms with E-state index in [-0.39, 0.29) is 12.0 Å². The molecule has 20 heavy (non-hydrogen) atoms. The SMILES string of the molecule is COC(=O)[C@H](Cc1cnc[nH]1)NC(=O)CCC(C)OC. The van der Waals surface area contributed by atoms with Crippen LogP contribution in [0.15, 0.2) is 12.5 Å². The molecule has 0 aromatic carbocycles. The van der Waals surface area contributed by atoms with Crippen molar-refractivity contribution in [3.05, 3.63) is 18.2 Å². The first-order valence-corrected chi connectivity index (χ1v) is 6.44. The van der Waals surface area contributed by atoms with E-state index in [1.807, 2.05) is 6.92 Å². The van der Waals surface area contributed by atoms with Crippen LogP contribution in [0.25, 0.3) is 0 Å². The van der Waals surface area contributed by atoms with Gasteiger partial charge in [0.25, 0.3) is 0 Å². The van der Waals surface area contributed by atoms with Gasteiger partial charge in [-0.3, -0.25) is 4.79 Å². The monoisotopic (exact) mass is 283 g/mol. The van der Waals surface area contributed by atoms with Crippen LogP contribution in [-0.2, 0) is 25.5 Å². The minimum Gasteiger partial charge on any atom is -0.467 e. The molecule has 1 unspecified atom stereocenters. The number of hydrogen-bond donors (Lipinski definition) is 2. The van der Waals surface area contributed by atoms with Crippen LogP contribution in [0.5, 0.6) is 0 Å². The number of aromatic amines is 1. The van der Waals surface area contributed by atoms with Crippen molar-refractivity contribution in [1.82, 2.24) is 15.3 Å². The number of H-pyrrole nitrogens is 1. The van der Waals surface area contributed by atoms with Crippen molar-refractivity contribution >= 4 is 11.9 Å². The summed E-state index contributed by atoms with van der Waals surface area (Å²) in [4.78, 5) is 30.3. The molecule has 1 amide bonds. The lowest BCUT2D eigenvalue weighted by Crippen LogP contribution is -2.43. The molecule has 7 heteroatoms. The van der Waals surface area contributed by atoms with Gasteiger partial charge in [-0.05, 0) is 13.3 Å². The van der Waals surface area contributed by atoms with E-state index in [1.54, 1.807) is 13.3 Å². The number of aromatic nitrogens is 2. The molecule has 0 spiro atoms. The average Bonchev–Trinajstić information content (AvgIpc) is 2.96. The minimum atomic E-state index is -0.717. The van der Waals surface area contributed by atoms with E-state index in [9.17, 15) is 9.59 Å². The maximum atomic E-state index is 11.8. The number of carbonyl (C=O) groups excluding carboxylic acids is 2. The Bertz CT molecular complexity index is 419. The minimum absolute atomic E-state index is 0.00457. The maximum absolute atomic E-state index is 11.8. The Morgan fingerprint density at radius 3 is 2.75 bits per heavy atom. The van der Waals surface area contributed by atoms with Crippen LogP contribution in [0.1, 0.15) is 25.5 Å². The lowest BCUT2D eigenvalue weighted by molar-refractivity contribution is -0.145. The maximum Gasteiger partial charge on any atom is 0.328 e. The first-order valence-electron chi connectivity index (χ1n) is 6.44. The molecule has 2 N–H and O–H groups in total. The van der Waals surface area contributed by atoms with Gasteiger partial charge < -0.3 is 19.8 Å². The molecule has 7 nitrogen and oxygen atoms in total. The van der Waals surface area contributed by atoms with Crippen LogP contribution in [0, 0.1) is 0 Å². The zero-order valence-electron chi connectivity index (χ0n) is 12.0. The average molecular weight is 283 g/mol. The molecule has 0 saturated carbocycles. The summed E-state index contributed by atoms with van der Waals surface area (Å²) in [7, 11) is 2.89. The first kappa shape index (κ1) is 16.2. The summed E-state index contributed by atoms with van der Waals surface area (Å²) in [6.45, 7) is 1.88. The lowest BCUT2D eigenvalue weighted by Gasteiger charge is -2.16. The molecule has 0 aliphatic rings. The predicted octanol–water partition coefficient (Wildman–Crippen LogP) is 0.425. The van der Waals surface area contributed by atoms with Crippen LogP contribution in [0.2, 0.25) is 0 Å². The third-order valence-electron chi connectivity index (χ3n) is 2.98. The zero-order chi connectivity index (χ0) is 15.0. The third-order valence-corrected chi connectivity index (χ3v) is 2.98. The number of rotatable bonds is 8. The molecule has 2 atom stereocenters. The van der Waals surface area contributed by atoms with Crippen molar-refractivity contribution in [1.29, 1.82) is 0 Å². The summed E-state index contributed by atoms with van der Waals surface area (Å²) in [6, 6.07) is -0.717. The van der Waals surface area contributed by atoms with Gasteiger partial charge in [0.2, 0.25) is 5.91 Å². The Hall–Kier alpha value is -1.89. The molecule has 0 radical (unpaired) electrons. The Morgan fingerprint density at radius 1 is 1.45 bits per heavy atom. The van der Waals surface area contributed by atoms with Gasteiger partial charge in [0, 0.05) is 31.8 Å². The quantitative estimate of drug-likeness (QED) is 0.675. The largest absolute Gasteiger partial charge is 0.467 e. The van der Waals surface area contributed by atoms with Gasteiger partial charge in [-0.25, -0.2) is 9.78 Å². The van der Waals surface area contributed by atoms with Crippen LogP contribution in [0.3, 0.4) is 0 Å². The highest BCUT2D eigenvalue weighted by Gasteiger charge is 2.22. The summed E-state index contributed by atoms with van der Waals surface area (Å²) in [6.07, 6.45) is 4.34. The summed E-state index contributed by atoms with van der Waals surface area (Å²) in [5.74, 6) is -0.684. The van der Waals surface area contributed by atoms with Crippen molar-refractivity contribution in [2.45, 2.75) is 38.3 Å². The van der Waals surface area contributed by atoms with E-state index in [0.29, 0.717) is 19.3 Å². The number of nitrogens with zero attached hydrogens (tertiary/aromatic N) is 1. The van der Waals surface area contributed by atoms with Crippen molar-refractivity contribution in [3.8, 4) is 0 Å². The van der Waals surface area contributed by atoms with Crippen molar-refractivity contribution < 1.29 is 19.1 Å². The van der Waals surface area contributed by atoms with Gasteiger partial charge in [-0.15, -0.1) is 0 Å². The van der Waals surface area contributed by atoms with Crippen LogP contribution in [-0.4, -0.2) is 48.2 Å². The van der Waals surface area contributed by atoms with Gasteiger partial charge in [0.1, 0.15) is 6.04 Å². The molecule has 1 aromatic heterocycles. The number of nitrogens with one attached hydrogen (secondary N) is 2. The van der Waals surface area contributed by atoms with E-state index in [2.05, 4.69) is 15.3 Å². The van der Waals surface area contributed by atoms with Crippen molar-refractivity contribution in [2.24, 2.45) is 0 Å². The summed E-state index contributed by atoms with van der Waals surface area (Å²) < 4.78 is 9.77. The van der Waals surface area contributed by atoms with E-state index >= 15 is 0 Å². The molecule has 0 bridgehead atoms. The normalized spacial score (nSPS) is 13.6. The fourth-order valence-electron chi connectivity index (χ4n) is 1.67. The van der Waals surface area contributed by atoms with Gasteiger partial charge in [0.15, 0.2) is 0 Å². The topological polar surface area (TPSA) is 93.3 Å². The lowest BCUT2D eigenvalue weighted by atomic mass is 10.1. The fraction of sp³-hybridized carbons (Fsp3) is 0.615. The summed E-state index contributed by atoms with van der Waals surface area (Å²) >= 11 is 0. The Morgan fingerprint density at radius 2 is 2.20 bits per heavy atom. The van der Waals surface area contributed by atoms with Crippen molar-refractivity contribution in [3.63, 3.8) is 0 Å². The second-order valence-corrected chi connectivity index (χ2v) is 4.51. The summed E-state index contributed by atoms with van der Waals surface area (Å²) in [5.41, 5.74) is 0.756. The number of carbonyl (C=O) groups is 2. The molecule has 0 aliphatic carbocycles. The summed E-state index contributed by atoms with van der Waals surface area (Å²) in [5, 5.41) is 2.67. The fourth-order valence-corrected chi connectivity index (χ4v) is 1.67. The smallest absolute Gasteiger partial charge is 0.328 e. The highest BCUT2D eigenvalue weighted by atomic mass is 16.5. The molecule has 0 aliphatic heterocycles. The highest BCUT2D eigenvalue weighted by Crippen LogP contribution is 2.03.